The van der Waals surface area contributed by atoms with Gasteiger partial charge in [-0.3, -0.25) is 9.36 Å². The number of hydrogen-bond acceptors (Lipinski definition) is 8. The van der Waals surface area contributed by atoms with Crippen LogP contribution in [0.5, 0.6) is 0 Å². The topological polar surface area (TPSA) is 95.9 Å². The third-order valence-electron chi connectivity index (χ3n) is 3.28. The molecule has 3 aromatic rings. The van der Waals surface area contributed by atoms with E-state index in [9.17, 15) is 4.79 Å². The molecule has 0 aliphatic carbocycles. The molecule has 0 amide bonds. The summed E-state index contributed by atoms with van der Waals surface area (Å²) in [6.45, 7) is 4.28. The number of nitrogens with two attached hydrogens (primary N) is 1. The Morgan fingerprint density at radius 2 is 2.38 bits per heavy atom. The van der Waals surface area contributed by atoms with Crippen molar-refractivity contribution < 1.29 is 9.53 Å². The van der Waals surface area contributed by atoms with Crippen molar-refractivity contribution in [2.75, 3.05) is 18.6 Å². The number of pyridine rings is 1. The fraction of sp³-hybridized carbons (Fsp3) is 0.200. The van der Waals surface area contributed by atoms with E-state index in [1.54, 1.807) is 12.3 Å². The van der Waals surface area contributed by atoms with Crippen LogP contribution in [0.25, 0.3) is 20.9 Å². The highest BCUT2D eigenvalue weighted by molar-refractivity contribution is 7.99. The van der Waals surface area contributed by atoms with Crippen molar-refractivity contribution in [2.45, 2.75) is 11.7 Å². The summed E-state index contributed by atoms with van der Waals surface area (Å²) in [4.78, 5) is 17.3. The lowest BCUT2D eigenvalue weighted by Crippen LogP contribution is -2.06. The molecule has 0 aliphatic heterocycles. The number of rotatable bonds is 6. The van der Waals surface area contributed by atoms with Gasteiger partial charge in [-0.05, 0) is 12.1 Å². The van der Waals surface area contributed by atoms with Crippen molar-refractivity contribution in [1.82, 2.24) is 19.7 Å². The molecule has 124 valence electrons. The average molecular weight is 361 g/mol. The predicted octanol–water partition coefficient (Wildman–Crippen LogP) is 2.59. The molecule has 9 heteroatoms. The molecule has 0 bridgehead atoms. The highest BCUT2D eigenvalue weighted by Crippen LogP contribution is 2.39. The molecule has 0 spiro atoms. The lowest BCUT2D eigenvalue weighted by atomic mass is 10.2. The Hall–Kier alpha value is -2.39. The molecule has 3 heterocycles. The van der Waals surface area contributed by atoms with E-state index < -0.39 is 0 Å². The second kappa shape index (κ2) is 7.02. The molecular formula is C15H15N5O2S2. The summed E-state index contributed by atoms with van der Waals surface area (Å²) in [7, 11) is 1.35. The van der Waals surface area contributed by atoms with Gasteiger partial charge in [0.05, 0.1) is 23.4 Å². The van der Waals surface area contributed by atoms with E-state index in [0.29, 0.717) is 23.2 Å². The van der Waals surface area contributed by atoms with Gasteiger partial charge < -0.3 is 10.5 Å². The number of allylic oxidation sites excluding steroid dienone is 1. The van der Waals surface area contributed by atoms with Gasteiger partial charge in [0.15, 0.2) is 11.0 Å². The van der Waals surface area contributed by atoms with E-state index in [4.69, 9.17) is 5.73 Å². The van der Waals surface area contributed by atoms with Gasteiger partial charge in [0.25, 0.3) is 0 Å². The van der Waals surface area contributed by atoms with Crippen LogP contribution in [0.15, 0.2) is 36.1 Å². The summed E-state index contributed by atoms with van der Waals surface area (Å²) in [5, 5.41) is 9.95. The van der Waals surface area contributed by atoms with Crippen LogP contribution in [-0.4, -0.2) is 38.6 Å². The van der Waals surface area contributed by atoms with E-state index in [1.165, 1.54) is 30.2 Å². The minimum Gasteiger partial charge on any atom is -0.468 e. The van der Waals surface area contributed by atoms with Gasteiger partial charge in [0.1, 0.15) is 4.83 Å². The minimum atomic E-state index is -0.319. The number of esters is 1. The molecule has 0 unspecified atom stereocenters. The highest BCUT2D eigenvalue weighted by Gasteiger charge is 2.20. The highest BCUT2D eigenvalue weighted by atomic mass is 32.2. The second-order valence-electron chi connectivity index (χ2n) is 4.77. The molecule has 3 rings (SSSR count). The number of thiophene rings is 1. The van der Waals surface area contributed by atoms with Crippen molar-refractivity contribution in [1.29, 1.82) is 0 Å². The zero-order valence-corrected chi connectivity index (χ0v) is 14.6. The fourth-order valence-corrected chi connectivity index (χ4v) is 3.99. The number of anilines is 1. The van der Waals surface area contributed by atoms with Gasteiger partial charge in [-0.1, -0.05) is 17.8 Å². The lowest BCUT2D eigenvalue weighted by molar-refractivity contribution is -0.137. The van der Waals surface area contributed by atoms with E-state index in [2.05, 4.69) is 26.5 Å². The Labute approximate surface area is 146 Å². The normalized spacial score (nSPS) is 10.9. The number of carbonyl (C=O) groups excluding carboxylic acids is 1. The van der Waals surface area contributed by atoms with E-state index in [-0.39, 0.29) is 11.7 Å². The zero-order valence-electron chi connectivity index (χ0n) is 12.9. The van der Waals surface area contributed by atoms with Gasteiger partial charge in [0.2, 0.25) is 0 Å². The molecule has 7 nitrogen and oxygen atoms in total. The number of methoxy groups -OCH3 is 1. The average Bonchev–Trinajstić information content (AvgIpc) is 3.14. The van der Waals surface area contributed by atoms with Gasteiger partial charge >= 0.3 is 5.97 Å². The van der Waals surface area contributed by atoms with Gasteiger partial charge in [0, 0.05) is 18.1 Å². The molecule has 0 aromatic carbocycles. The Bertz CT molecular complexity index is 903. The van der Waals surface area contributed by atoms with E-state index in [1.807, 2.05) is 16.7 Å². The summed E-state index contributed by atoms with van der Waals surface area (Å²) in [5.74, 6) is 0.484. The molecule has 2 N–H and O–H groups in total. The van der Waals surface area contributed by atoms with Crippen LogP contribution < -0.4 is 5.73 Å². The number of carbonyl (C=O) groups is 1. The first-order valence-corrected chi connectivity index (χ1v) is 8.83. The number of nitrogen functional groups attached to an aromatic ring is 1. The van der Waals surface area contributed by atoms with Crippen LogP contribution in [0.2, 0.25) is 0 Å². The molecule has 0 aliphatic rings. The first kappa shape index (κ1) is 16.5. The maximum atomic E-state index is 11.4. The van der Waals surface area contributed by atoms with E-state index in [0.717, 1.165) is 15.1 Å². The van der Waals surface area contributed by atoms with Gasteiger partial charge in [-0.25, -0.2) is 4.98 Å². The second-order valence-corrected chi connectivity index (χ2v) is 6.71. The summed E-state index contributed by atoms with van der Waals surface area (Å²) < 4.78 is 6.54. The molecule has 0 saturated carbocycles. The van der Waals surface area contributed by atoms with Crippen LogP contribution in [0.4, 0.5) is 5.69 Å². The molecule has 3 aromatic heterocycles. The van der Waals surface area contributed by atoms with Crippen molar-refractivity contribution in [2.24, 2.45) is 0 Å². The molecule has 0 saturated heterocycles. The molecule has 24 heavy (non-hydrogen) atoms. The van der Waals surface area contributed by atoms with Crippen LogP contribution in [0.3, 0.4) is 0 Å². The summed E-state index contributed by atoms with van der Waals surface area (Å²) in [6.07, 6.45) is 3.48. The van der Waals surface area contributed by atoms with Crippen molar-refractivity contribution in [3.8, 4) is 10.7 Å². The van der Waals surface area contributed by atoms with Gasteiger partial charge in [-0.15, -0.1) is 28.1 Å². The first-order valence-electron chi connectivity index (χ1n) is 7.02. The monoisotopic (exact) mass is 361 g/mol. The van der Waals surface area contributed by atoms with Crippen LogP contribution >= 0.6 is 23.1 Å². The largest absolute Gasteiger partial charge is 0.468 e. The number of ether oxygens (including phenoxy) is 1. The molecule has 0 atom stereocenters. The van der Waals surface area contributed by atoms with E-state index >= 15 is 0 Å². The smallest absolute Gasteiger partial charge is 0.316 e. The Balaban J connectivity index is 2.03. The fourth-order valence-electron chi connectivity index (χ4n) is 2.16. The molecular weight excluding hydrogens is 346 g/mol. The maximum absolute atomic E-state index is 11.4. The third kappa shape index (κ3) is 3.00. The SMILES string of the molecule is C=CCn1c(SCC(=O)OC)nnc1-c1sc2ncccc2c1N. The van der Waals surface area contributed by atoms with Crippen molar-refractivity contribution >= 4 is 45.0 Å². The molecule has 0 radical (unpaired) electrons. The summed E-state index contributed by atoms with van der Waals surface area (Å²) >= 11 is 2.73. The van der Waals surface area contributed by atoms with Crippen molar-refractivity contribution in [3.05, 3.63) is 31.0 Å². The number of thioether (sulfide) groups is 1. The molecule has 0 fully saturated rings. The van der Waals surface area contributed by atoms with Crippen molar-refractivity contribution in [3.63, 3.8) is 0 Å². The standard InChI is InChI=1S/C15H15N5O2S2/c1-3-7-20-13(18-19-15(20)23-8-10(21)22-2)12-11(16)9-5-4-6-17-14(9)24-12/h3-6H,1,7-8,16H2,2H3. The van der Waals surface area contributed by atoms with Crippen LogP contribution in [0, 0.1) is 0 Å². The number of hydrogen-bond donors (Lipinski definition) is 1. The Morgan fingerprint density at radius 3 is 3.08 bits per heavy atom. The first-order chi connectivity index (χ1) is 11.7. The third-order valence-corrected chi connectivity index (χ3v) is 5.35. The van der Waals surface area contributed by atoms with Gasteiger partial charge in [-0.2, -0.15) is 0 Å². The number of aromatic nitrogens is 4. The number of nitrogens with zero attached hydrogens (tertiary/aromatic N) is 4. The summed E-state index contributed by atoms with van der Waals surface area (Å²) in [5.41, 5.74) is 6.90. The number of fused-ring (bicyclic) bond motifs is 1. The Morgan fingerprint density at radius 1 is 1.54 bits per heavy atom. The van der Waals surface area contributed by atoms with Crippen LogP contribution in [-0.2, 0) is 16.1 Å². The maximum Gasteiger partial charge on any atom is 0.316 e. The quantitative estimate of drug-likeness (QED) is 0.409. The predicted molar refractivity (Wildman–Crippen MR) is 96.0 cm³/mol. The summed E-state index contributed by atoms with van der Waals surface area (Å²) in [6, 6.07) is 3.78. The minimum absolute atomic E-state index is 0.162. The zero-order chi connectivity index (χ0) is 17.1. The Kier molecular flexibility index (Phi) is 4.81. The van der Waals surface area contributed by atoms with Crippen LogP contribution in [0.1, 0.15) is 0 Å². The lowest BCUT2D eigenvalue weighted by Gasteiger charge is -2.06.